The lowest BCUT2D eigenvalue weighted by Gasteiger charge is -2.33. The van der Waals surface area contributed by atoms with E-state index in [1.165, 1.54) is 5.56 Å². The number of halogens is 2. The van der Waals surface area contributed by atoms with Crippen molar-refractivity contribution in [1.29, 1.82) is 0 Å². The van der Waals surface area contributed by atoms with Gasteiger partial charge in [-0.3, -0.25) is 0 Å². The van der Waals surface area contributed by atoms with E-state index in [4.69, 9.17) is 16.3 Å². The van der Waals surface area contributed by atoms with Crippen molar-refractivity contribution in [2.45, 2.75) is 25.5 Å². The Morgan fingerprint density at radius 3 is 2.81 bits per heavy atom. The van der Waals surface area contributed by atoms with E-state index >= 15 is 0 Å². The number of ether oxygens (including phenoxy) is 1. The van der Waals surface area contributed by atoms with Crippen LogP contribution in [0, 0.1) is 0 Å². The van der Waals surface area contributed by atoms with E-state index in [9.17, 15) is 0 Å². The van der Waals surface area contributed by atoms with Crippen molar-refractivity contribution in [3.63, 3.8) is 0 Å². The lowest BCUT2D eigenvalue weighted by Crippen LogP contribution is -2.29. The quantitative estimate of drug-likeness (QED) is 0.798. The van der Waals surface area contributed by atoms with Gasteiger partial charge in [0.2, 0.25) is 0 Å². The van der Waals surface area contributed by atoms with Crippen LogP contribution in [0.15, 0.2) is 46.9 Å². The first kappa shape index (κ1) is 14.9. The minimum Gasteiger partial charge on any atom is -0.485 e. The molecular formula is C17H17BrClNO. The Bertz CT molecular complexity index is 646. The minimum atomic E-state index is 0.0401. The molecule has 2 unspecified atom stereocenters. The Hall–Kier alpha value is -1.03. The van der Waals surface area contributed by atoms with Crippen molar-refractivity contribution >= 4 is 27.5 Å². The fourth-order valence-corrected chi connectivity index (χ4v) is 3.53. The topological polar surface area (TPSA) is 21.3 Å². The standard InChI is InChI=1S/C17H17BrClNO/c1-2-20-15-10-17(12-5-3-4-6-14(12)18)21-16-8-7-11(19)9-13(15)16/h3-9,15,17,20H,2,10H2,1H3. The van der Waals surface area contributed by atoms with Gasteiger partial charge in [0.05, 0.1) is 0 Å². The summed E-state index contributed by atoms with van der Waals surface area (Å²) in [5.41, 5.74) is 2.33. The number of hydrogen-bond acceptors (Lipinski definition) is 2. The first-order valence-corrected chi connectivity index (χ1v) is 8.30. The van der Waals surface area contributed by atoms with E-state index < -0.39 is 0 Å². The predicted molar refractivity (Wildman–Crippen MR) is 90.0 cm³/mol. The van der Waals surface area contributed by atoms with Gasteiger partial charge in [-0.1, -0.05) is 52.7 Å². The number of fused-ring (bicyclic) bond motifs is 1. The van der Waals surface area contributed by atoms with Crippen molar-refractivity contribution in [3.05, 3.63) is 63.1 Å². The Morgan fingerprint density at radius 2 is 2.05 bits per heavy atom. The van der Waals surface area contributed by atoms with Crippen LogP contribution in [0.25, 0.3) is 0 Å². The summed E-state index contributed by atoms with van der Waals surface area (Å²) in [6.45, 7) is 3.03. The van der Waals surface area contributed by atoms with E-state index in [1.807, 2.05) is 30.3 Å². The monoisotopic (exact) mass is 365 g/mol. The molecule has 0 fully saturated rings. The average Bonchev–Trinajstić information content (AvgIpc) is 2.48. The third-order valence-corrected chi connectivity index (χ3v) is 4.73. The van der Waals surface area contributed by atoms with Crippen LogP contribution in [0.2, 0.25) is 5.02 Å². The van der Waals surface area contributed by atoms with E-state index in [2.05, 4.69) is 40.3 Å². The third kappa shape index (κ3) is 3.10. The van der Waals surface area contributed by atoms with Crippen molar-refractivity contribution in [1.82, 2.24) is 5.32 Å². The molecule has 0 radical (unpaired) electrons. The van der Waals surface area contributed by atoms with Gasteiger partial charge in [-0.25, -0.2) is 0 Å². The summed E-state index contributed by atoms with van der Waals surface area (Å²) in [4.78, 5) is 0. The van der Waals surface area contributed by atoms with Crippen LogP contribution in [0.3, 0.4) is 0 Å². The summed E-state index contributed by atoms with van der Waals surface area (Å²) in [6, 6.07) is 14.3. The molecule has 0 amide bonds. The van der Waals surface area contributed by atoms with Gasteiger partial charge in [0.25, 0.3) is 0 Å². The van der Waals surface area contributed by atoms with Crippen LogP contribution in [-0.4, -0.2) is 6.54 Å². The van der Waals surface area contributed by atoms with Gasteiger partial charge in [0.1, 0.15) is 11.9 Å². The Balaban J connectivity index is 1.98. The summed E-state index contributed by atoms with van der Waals surface area (Å²) in [7, 11) is 0. The van der Waals surface area contributed by atoms with Gasteiger partial charge in [0.15, 0.2) is 0 Å². The maximum absolute atomic E-state index is 6.20. The first-order valence-electron chi connectivity index (χ1n) is 7.13. The van der Waals surface area contributed by atoms with Gasteiger partial charge < -0.3 is 10.1 Å². The highest BCUT2D eigenvalue weighted by molar-refractivity contribution is 9.10. The van der Waals surface area contributed by atoms with Crippen LogP contribution >= 0.6 is 27.5 Å². The van der Waals surface area contributed by atoms with E-state index in [0.717, 1.165) is 33.8 Å². The molecule has 0 saturated carbocycles. The lowest BCUT2D eigenvalue weighted by molar-refractivity contribution is 0.151. The van der Waals surface area contributed by atoms with Gasteiger partial charge in [-0.2, -0.15) is 0 Å². The Kier molecular flexibility index (Phi) is 4.53. The predicted octanol–water partition coefficient (Wildman–Crippen LogP) is 5.28. The second-order valence-corrected chi connectivity index (χ2v) is 6.45. The van der Waals surface area contributed by atoms with Crippen LogP contribution in [0.5, 0.6) is 5.75 Å². The number of nitrogens with one attached hydrogen (secondary N) is 1. The molecule has 2 nitrogen and oxygen atoms in total. The van der Waals surface area contributed by atoms with Crippen LogP contribution in [0.4, 0.5) is 0 Å². The fraction of sp³-hybridized carbons (Fsp3) is 0.294. The van der Waals surface area contributed by atoms with Crippen molar-refractivity contribution < 1.29 is 4.74 Å². The molecule has 0 aromatic heterocycles. The van der Waals surface area contributed by atoms with Crippen molar-refractivity contribution in [2.24, 2.45) is 0 Å². The molecule has 0 aliphatic carbocycles. The average molecular weight is 367 g/mol. The molecule has 0 saturated heterocycles. The van der Waals surface area contributed by atoms with Gasteiger partial charge >= 0.3 is 0 Å². The normalized spacial score (nSPS) is 20.7. The maximum Gasteiger partial charge on any atom is 0.127 e. The molecule has 3 rings (SSSR count). The summed E-state index contributed by atoms with van der Waals surface area (Å²) in [5.74, 6) is 0.914. The molecule has 1 aliphatic rings. The van der Waals surface area contributed by atoms with Gasteiger partial charge in [0, 0.05) is 33.1 Å². The maximum atomic E-state index is 6.20. The molecule has 2 aromatic carbocycles. The molecule has 2 atom stereocenters. The van der Waals surface area contributed by atoms with Crippen LogP contribution in [0.1, 0.15) is 36.6 Å². The largest absolute Gasteiger partial charge is 0.485 e. The highest BCUT2D eigenvalue weighted by Crippen LogP contribution is 2.43. The Morgan fingerprint density at radius 1 is 1.24 bits per heavy atom. The first-order chi connectivity index (χ1) is 10.2. The lowest BCUT2D eigenvalue weighted by atomic mass is 9.93. The molecule has 1 heterocycles. The molecular weight excluding hydrogens is 350 g/mol. The number of hydrogen-bond donors (Lipinski definition) is 1. The molecule has 110 valence electrons. The molecule has 4 heteroatoms. The molecule has 0 spiro atoms. The number of rotatable bonds is 3. The molecule has 1 aliphatic heterocycles. The summed E-state index contributed by atoms with van der Waals surface area (Å²) in [6.07, 6.45) is 0.933. The fourth-order valence-electron chi connectivity index (χ4n) is 2.81. The zero-order chi connectivity index (χ0) is 14.8. The third-order valence-electron chi connectivity index (χ3n) is 3.77. The van der Waals surface area contributed by atoms with Gasteiger partial charge in [-0.15, -0.1) is 0 Å². The van der Waals surface area contributed by atoms with E-state index in [0.29, 0.717) is 0 Å². The zero-order valence-corrected chi connectivity index (χ0v) is 14.1. The molecule has 21 heavy (non-hydrogen) atoms. The summed E-state index contributed by atoms with van der Waals surface area (Å²) in [5, 5.41) is 4.28. The smallest absolute Gasteiger partial charge is 0.127 e. The zero-order valence-electron chi connectivity index (χ0n) is 11.8. The second-order valence-electron chi connectivity index (χ2n) is 5.16. The summed E-state index contributed by atoms with van der Waals surface area (Å²) < 4.78 is 7.29. The Labute approximate surface area is 138 Å². The molecule has 2 aromatic rings. The molecule has 0 bridgehead atoms. The minimum absolute atomic E-state index is 0.0401. The second kappa shape index (κ2) is 6.39. The van der Waals surface area contributed by atoms with Crippen molar-refractivity contribution in [3.8, 4) is 5.75 Å². The van der Waals surface area contributed by atoms with Crippen LogP contribution in [-0.2, 0) is 0 Å². The highest BCUT2D eigenvalue weighted by Gasteiger charge is 2.29. The van der Waals surface area contributed by atoms with Gasteiger partial charge in [-0.05, 0) is 30.8 Å². The van der Waals surface area contributed by atoms with E-state index in [1.54, 1.807) is 0 Å². The van der Waals surface area contributed by atoms with Crippen LogP contribution < -0.4 is 10.1 Å². The summed E-state index contributed by atoms with van der Waals surface area (Å²) >= 11 is 9.75. The van der Waals surface area contributed by atoms with Crippen molar-refractivity contribution in [2.75, 3.05) is 6.54 Å². The molecule has 1 N–H and O–H groups in total. The highest BCUT2D eigenvalue weighted by atomic mass is 79.9. The SMILES string of the molecule is CCNC1CC(c2ccccc2Br)Oc2ccc(Cl)cc21. The number of benzene rings is 2. The van der Waals surface area contributed by atoms with E-state index in [-0.39, 0.29) is 12.1 Å².